The molecule has 0 saturated heterocycles. The molecule has 0 unspecified atom stereocenters. The maximum Gasteiger partial charge on any atom is 0.303 e. The minimum atomic E-state index is -0.817. The van der Waals surface area contributed by atoms with E-state index in [2.05, 4.69) is 0 Å². The van der Waals surface area contributed by atoms with Gasteiger partial charge >= 0.3 is 5.97 Å². The van der Waals surface area contributed by atoms with Crippen molar-refractivity contribution in [2.45, 2.75) is 38.4 Å². The molecule has 0 amide bonds. The molecule has 9 heteroatoms. The zero-order chi connectivity index (χ0) is 23.9. The number of ether oxygens (including phenoxy) is 3. The van der Waals surface area contributed by atoms with Gasteiger partial charge in [-0.3, -0.25) is 4.79 Å². The Morgan fingerprint density at radius 3 is 2.12 bits per heavy atom. The average Bonchev–Trinajstić information content (AvgIpc) is 2.75. The standard InChI is InChI=1S/C23H27Cl3O6/c1-14(28)32-19(11-27)13-30-18-6-4-15(5-7-18)23(2,3)16-8-20(25)22(21(26)9-16)31-12-17(29)10-24/h4-9,17,19,27,29H,10-13H2,1-3H3/t17-,19-/m0/s1. The highest BCUT2D eigenvalue weighted by Gasteiger charge is 2.26. The summed E-state index contributed by atoms with van der Waals surface area (Å²) in [5, 5.41) is 19.5. The Morgan fingerprint density at radius 1 is 1.03 bits per heavy atom. The van der Waals surface area contributed by atoms with E-state index in [1.165, 1.54) is 6.92 Å². The van der Waals surface area contributed by atoms with Gasteiger partial charge in [-0.15, -0.1) is 11.6 Å². The fourth-order valence-electron chi connectivity index (χ4n) is 2.97. The summed E-state index contributed by atoms with van der Waals surface area (Å²) in [6.45, 7) is 5.05. The molecule has 2 aromatic rings. The van der Waals surface area contributed by atoms with Crippen molar-refractivity contribution in [3.63, 3.8) is 0 Å². The van der Waals surface area contributed by atoms with Crippen molar-refractivity contribution in [1.29, 1.82) is 0 Å². The molecule has 32 heavy (non-hydrogen) atoms. The van der Waals surface area contributed by atoms with E-state index in [0.29, 0.717) is 21.5 Å². The van der Waals surface area contributed by atoms with Crippen molar-refractivity contribution in [2.24, 2.45) is 0 Å². The fourth-order valence-corrected chi connectivity index (χ4v) is 3.65. The van der Waals surface area contributed by atoms with Crippen molar-refractivity contribution >= 4 is 40.8 Å². The molecule has 0 fully saturated rings. The molecule has 2 N–H and O–H groups in total. The third-order valence-corrected chi connectivity index (χ3v) is 5.78. The van der Waals surface area contributed by atoms with Gasteiger partial charge < -0.3 is 24.4 Å². The first-order valence-electron chi connectivity index (χ1n) is 9.96. The van der Waals surface area contributed by atoms with Gasteiger partial charge in [-0.25, -0.2) is 0 Å². The number of rotatable bonds is 11. The molecular formula is C23H27Cl3O6. The van der Waals surface area contributed by atoms with Crippen LogP contribution in [-0.2, 0) is 14.9 Å². The number of carbonyl (C=O) groups excluding carboxylic acids is 1. The molecule has 0 aliphatic carbocycles. The molecule has 0 saturated carbocycles. The van der Waals surface area contributed by atoms with Gasteiger partial charge in [-0.1, -0.05) is 49.2 Å². The lowest BCUT2D eigenvalue weighted by Crippen LogP contribution is -2.27. The van der Waals surface area contributed by atoms with Crippen LogP contribution in [0.3, 0.4) is 0 Å². The number of esters is 1. The molecule has 0 aliphatic rings. The monoisotopic (exact) mass is 504 g/mol. The number of alkyl halides is 1. The quantitative estimate of drug-likeness (QED) is 0.343. The molecular weight excluding hydrogens is 479 g/mol. The molecule has 0 aliphatic heterocycles. The molecule has 2 rings (SSSR count). The van der Waals surface area contributed by atoms with E-state index in [9.17, 15) is 15.0 Å². The number of hydrogen-bond acceptors (Lipinski definition) is 6. The minimum Gasteiger partial charge on any atom is -0.490 e. The summed E-state index contributed by atoms with van der Waals surface area (Å²) in [5.74, 6) is 0.443. The van der Waals surface area contributed by atoms with E-state index in [4.69, 9.17) is 49.0 Å². The SMILES string of the molecule is CC(=O)O[C@@H](CO)COc1ccc(C(C)(C)c2cc(Cl)c(OC[C@@H](O)CCl)c(Cl)c2)cc1. The van der Waals surface area contributed by atoms with Crippen molar-refractivity contribution < 1.29 is 29.2 Å². The molecule has 2 atom stereocenters. The Labute approximate surface area is 203 Å². The normalized spacial score (nSPS) is 13.4. The van der Waals surface area contributed by atoms with Crippen molar-refractivity contribution in [1.82, 2.24) is 0 Å². The summed E-state index contributed by atoms with van der Waals surface area (Å²) in [6, 6.07) is 11.0. The average molecular weight is 506 g/mol. The molecule has 0 spiro atoms. The third-order valence-electron chi connectivity index (χ3n) is 4.87. The molecule has 0 bridgehead atoms. The topological polar surface area (TPSA) is 85.2 Å². The van der Waals surface area contributed by atoms with Gasteiger partial charge in [0.05, 0.1) is 22.5 Å². The van der Waals surface area contributed by atoms with Crippen LogP contribution in [0.25, 0.3) is 0 Å². The van der Waals surface area contributed by atoms with Crippen LogP contribution in [0.5, 0.6) is 11.5 Å². The second-order valence-corrected chi connectivity index (χ2v) is 8.89. The maximum absolute atomic E-state index is 11.0. The van der Waals surface area contributed by atoms with Crippen LogP contribution in [0.4, 0.5) is 0 Å². The first kappa shape index (κ1) is 26.6. The van der Waals surface area contributed by atoms with E-state index in [1.54, 1.807) is 24.3 Å². The summed E-state index contributed by atoms with van der Waals surface area (Å²) in [6.07, 6.45) is -1.54. The Balaban J connectivity index is 2.14. The van der Waals surface area contributed by atoms with Gasteiger partial charge in [0.1, 0.15) is 25.1 Å². The number of hydrogen-bond donors (Lipinski definition) is 2. The van der Waals surface area contributed by atoms with Crippen molar-refractivity contribution in [3.05, 3.63) is 57.6 Å². The Hall–Kier alpha value is -1.70. The number of carbonyl (C=O) groups is 1. The summed E-state index contributed by atoms with van der Waals surface area (Å²) < 4.78 is 16.1. The van der Waals surface area contributed by atoms with E-state index in [0.717, 1.165) is 11.1 Å². The first-order valence-corrected chi connectivity index (χ1v) is 11.2. The van der Waals surface area contributed by atoms with Crippen LogP contribution in [0.1, 0.15) is 31.9 Å². The van der Waals surface area contributed by atoms with Crippen molar-refractivity contribution in [2.75, 3.05) is 25.7 Å². The fraction of sp³-hybridized carbons (Fsp3) is 0.435. The zero-order valence-electron chi connectivity index (χ0n) is 18.1. The lowest BCUT2D eigenvalue weighted by molar-refractivity contribution is -0.150. The number of benzene rings is 2. The Bertz CT molecular complexity index is 878. The molecule has 6 nitrogen and oxygen atoms in total. The van der Waals surface area contributed by atoms with Gasteiger partial charge in [0, 0.05) is 12.3 Å². The van der Waals surface area contributed by atoms with Gasteiger partial charge in [0.15, 0.2) is 11.9 Å². The van der Waals surface area contributed by atoms with Crippen molar-refractivity contribution in [3.8, 4) is 11.5 Å². The lowest BCUT2D eigenvalue weighted by Gasteiger charge is -2.27. The minimum absolute atomic E-state index is 0.0122. The Kier molecular flexibility index (Phi) is 9.92. The second kappa shape index (κ2) is 12.0. The summed E-state index contributed by atoms with van der Waals surface area (Å²) in [7, 11) is 0. The molecule has 176 valence electrons. The summed E-state index contributed by atoms with van der Waals surface area (Å²) in [4.78, 5) is 11.0. The predicted octanol–water partition coefficient (Wildman–Crippen LogP) is 4.60. The lowest BCUT2D eigenvalue weighted by atomic mass is 9.78. The highest BCUT2D eigenvalue weighted by atomic mass is 35.5. The van der Waals surface area contributed by atoms with Crippen LogP contribution in [0.2, 0.25) is 10.0 Å². The first-order chi connectivity index (χ1) is 15.1. The second-order valence-electron chi connectivity index (χ2n) is 7.76. The number of halogens is 3. The van der Waals surface area contributed by atoms with Crippen LogP contribution >= 0.6 is 34.8 Å². The highest BCUT2D eigenvalue weighted by Crippen LogP contribution is 2.40. The summed E-state index contributed by atoms with van der Waals surface area (Å²) >= 11 is 18.4. The van der Waals surface area contributed by atoms with Gasteiger partial charge in [-0.2, -0.15) is 0 Å². The number of aliphatic hydroxyl groups excluding tert-OH is 2. The van der Waals surface area contributed by atoms with E-state index >= 15 is 0 Å². The molecule has 0 aromatic heterocycles. The predicted molar refractivity (Wildman–Crippen MR) is 125 cm³/mol. The van der Waals surface area contributed by atoms with Crippen LogP contribution < -0.4 is 9.47 Å². The highest BCUT2D eigenvalue weighted by molar-refractivity contribution is 6.37. The molecule has 0 heterocycles. The Morgan fingerprint density at radius 2 is 1.62 bits per heavy atom. The number of aliphatic hydroxyl groups is 2. The van der Waals surface area contributed by atoms with E-state index < -0.39 is 23.6 Å². The largest absolute Gasteiger partial charge is 0.490 e. The zero-order valence-corrected chi connectivity index (χ0v) is 20.4. The van der Waals surface area contributed by atoms with E-state index in [1.807, 2.05) is 26.0 Å². The van der Waals surface area contributed by atoms with Gasteiger partial charge in [0.2, 0.25) is 0 Å². The molecule has 2 aromatic carbocycles. The summed E-state index contributed by atoms with van der Waals surface area (Å²) in [5.41, 5.74) is 1.43. The smallest absolute Gasteiger partial charge is 0.303 e. The van der Waals surface area contributed by atoms with Gasteiger partial charge in [-0.05, 0) is 35.4 Å². The molecule has 0 radical (unpaired) electrons. The van der Waals surface area contributed by atoms with E-state index in [-0.39, 0.29) is 25.7 Å². The van der Waals surface area contributed by atoms with Crippen LogP contribution in [0, 0.1) is 0 Å². The maximum atomic E-state index is 11.0. The van der Waals surface area contributed by atoms with Crippen LogP contribution in [0.15, 0.2) is 36.4 Å². The third kappa shape index (κ3) is 7.15. The van der Waals surface area contributed by atoms with Gasteiger partial charge in [0.25, 0.3) is 0 Å². The van der Waals surface area contributed by atoms with Crippen LogP contribution in [-0.4, -0.2) is 54.1 Å².